The number of nitrogens with one attached hydrogen (secondary N) is 3. The molecule has 2 heterocycles. The van der Waals surface area contributed by atoms with Gasteiger partial charge in [0.25, 0.3) is 5.91 Å². The van der Waals surface area contributed by atoms with E-state index >= 15 is 0 Å². The zero-order valence-electron chi connectivity index (χ0n) is 16.1. The predicted octanol–water partition coefficient (Wildman–Crippen LogP) is 3.98. The lowest BCUT2D eigenvalue weighted by atomic mass is 10.2. The van der Waals surface area contributed by atoms with E-state index in [9.17, 15) is 9.59 Å². The Morgan fingerprint density at radius 3 is 2.37 bits per heavy atom. The molecular weight excluding hydrogens is 380 g/mol. The molecule has 8 nitrogen and oxygen atoms in total. The minimum atomic E-state index is -0.402. The lowest BCUT2D eigenvalue weighted by Crippen LogP contribution is -2.15. The van der Waals surface area contributed by atoms with Crippen LogP contribution in [-0.4, -0.2) is 27.0 Å². The first kappa shape index (κ1) is 19.0. The molecule has 4 aromatic rings. The Kier molecular flexibility index (Phi) is 5.29. The summed E-state index contributed by atoms with van der Waals surface area (Å²) in [4.78, 5) is 28.0. The minimum absolute atomic E-state index is 0.168. The van der Waals surface area contributed by atoms with Crippen LogP contribution in [0, 0.1) is 0 Å². The van der Waals surface area contributed by atoms with Gasteiger partial charge in [0.2, 0.25) is 5.91 Å². The van der Waals surface area contributed by atoms with Crippen LogP contribution in [-0.2, 0) is 4.79 Å². The van der Waals surface area contributed by atoms with Crippen LogP contribution in [0.3, 0.4) is 0 Å². The molecule has 3 N–H and O–H groups in total. The summed E-state index contributed by atoms with van der Waals surface area (Å²) in [7, 11) is 0. The number of anilines is 4. The van der Waals surface area contributed by atoms with Crippen molar-refractivity contribution in [1.82, 2.24) is 15.2 Å². The zero-order chi connectivity index (χ0) is 20.9. The van der Waals surface area contributed by atoms with Gasteiger partial charge in [-0.1, -0.05) is 24.3 Å². The van der Waals surface area contributed by atoms with Crippen molar-refractivity contribution in [1.29, 1.82) is 0 Å². The summed E-state index contributed by atoms with van der Waals surface area (Å²) >= 11 is 0. The Balaban J connectivity index is 1.47. The summed E-state index contributed by atoms with van der Waals surface area (Å²) in [6.07, 6.45) is 1.73. The highest BCUT2D eigenvalue weighted by molar-refractivity contribution is 6.03. The summed E-state index contributed by atoms with van der Waals surface area (Å²) in [6, 6.07) is 19.8. The number of fused-ring (bicyclic) bond motifs is 1. The van der Waals surface area contributed by atoms with E-state index in [0.29, 0.717) is 17.2 Å². The third-order valence-electron chi connectivity index (χ3n) is 4.23. The van der Waals surface area contributed by atoms with Crippen LogP contribution in [0.2, 0.25) is 0 Å². The first-order valence-corrected chi connectivity index (χ1v) is 9.22. The summed E-state index contributed by atoms with van der Waals surface area (Å²) in [5, 5.41) is 17.7. The first-order valence-electron chi connectivity index (χ1n) is 9.22. The van der Waals surface area contributed by atoms with Crippen LogP contribution in [0.15, 0.2) is 72.9 Å². The molecule has 0 atom stereocenters. The highest BCUT2D eigenvalue weighted by atomic mass is 16.2. The van der Waals surface area contributed by atoms with Gasteiger partial charge in [-0.3, -0.25) is 14.6 Å². The lowest BCUT2D eigenvalue weighted by molar-refractivity contribution is -0.114. The van der Waals surface area contributed by atoms with Crippen molar-refractivity contribution in [2.24, 2.45) is 0 Å². The molecule has 0 radical (unpaired) electrons. The molecule has 0 fully saturated rings. The molecule has 2 aromatic heterocycles. The van der Waals surface area contributed by atoms with E-state index in [1.165, 1.54) is 6.92 Å². The van der Waals surface area contributed by atoms with Crippen molar-refractivity contribution in [3.63, 3.8) is 0 Å². The molecular formula is C22H18N6O2. The summed E-state index contributed by atoms with van der Waals surface area (Å²) < 4.78 is 0. The van der Waals surface area contributed by atoms with E-state index in [0.717, 1.165) is 16.6 Å². The Hall–Kier alpha value is -4.33. The fraction of sp³-hybridized carbons (Fsp3) is 0.0455. The molecule has 0 saturated heterocycles. The van der Waals surface area contributed by atoms with Crippen molar-refractivity contribution < 1.29 is 9.59 Å². The normalized spacial score (nSPS) is 10.4. The third-order valence-corrected chi connectivity index (χ3v) is 4.23. The second-order valence-electron chi connectivity index (χ2n) is 6.53. The number of carbonyl (C=O) groups excluding carboxylic acids is 2. The van der Waals surface area contributed by atoms with Crippen LogP contribution >= 0.6 is 0 Å². The number of pyridine rings is 1. The second kappa shape index (κ2) is 8.36. The smallest absolute Gasteiger partial charge is 0.276 e. The van der Waals surface area contributed by atoms with E-state index in [1.54, 1.807) is 42.6 Å². The fourth-order valence-corrected chi connectivity index (χ4v) is 2.94. The Morgan fingerprint density at radius 2 is 1.60 bits per heavy atom. The molecule has 0 aliphatic heterocycles. The number of aromatic nitrogens is 3. The van der Waals surface area contributed by atoms with Gasteiger partial charge < -0.3 is 16.0 Å². The van der Waals surface area contributed by atoms with E-state index in [4.69, 9.17) is 0 Å². The van der Waals surface area contributed by atoms with E-state index in [2.05, 4.69) is 31.1 Å². The maximum Gasteiger partial charge on any atom is 0.276 e. The van der Waals surface area contributed by atoms with Gasteiger partial charge in [0.15, 0.2) is 11.5 Å². The molecule has 0 saturated carbocycles. The van der Waals surface area contributed by atoms with Gasteiger partial charge in [-0.05, 0) is 42.5 Å². The standard InChI is InChI=1S/C22H18N6O2/c1-14(29)24-16-7-3-8-17(13-16)25-22(30)19-10-11-20(28-27-19)26-18-9-2-5-15-6-4-12-23-21(15)18/h2-13H,1H3,(H,24,29)(H,25,30)(H,26,28). The number of carbonyl (C=O) groups is 2. The molecule has 0 unspecified atom stereocenters. The van der Waals surface area contributed by atoms with Crippen molar-refractivity contribution in [2.75, 3.05) is 16.0 Å². The van der Waals surface area contributed by atoms with E-state index in [1.807, 2.05) is 30.3 Å². The highest BCUT2D eigenvalue weighted by Crippen LogP contribution is 2.23. The largest absolute Gasteiger partial charge is 0.337 e. The van der Waals surface area contributed by atoms with Gasteiger partial charge in [-0.25, -0.2) is 0 Å². The Labute approximate surface area is 172 Å². The van der Waals surface area contributed by atoms with Crippen LogP contribution in [0.1, 0.15) is 17.4 Å². The third kappa shape index (κ3) is 4.39. The molecule has 0 aliphatic carbocycles. The van der Waals surface area contributed by atoms with Crippen LogP contribution in [0.25, 0.3) is 10.9 Å². The van der Waals surface area contributed by atoms with Crippen LogP contribution in [0.5, 0.6) is 0 Å². The fourth-order valence-electron chi connectivity index (χ4n) is 2.94. The molecule has 0 spiro atoms. The summed E-state index contributed by atoms with van der Waals surface area (Å²) in [6.45, 7) is 1.42. The van der Waals surface area contributed by atoms with Gasteiger partial charge >= 0.3 is 0 Å². The molecule has 4 rings (SSSR count). The highest BCUT2D eigenvalue weighted by Gasteiger charge is 2.10. The molecule has 0 bridgehead atoms. The maximum absolute atomic E-state index is 12.5. The van der Waals surface area contributed by atoms with Gasteiger partial charge in [0.05, 0.1) is 11.2 Å². The monoisotopic (exact) mass is 398 g/mol. The van der Waals surface area contributed by atoms with Crippen molar-refractivity contribution in [2.45, 2.75) is 6.92 Å². The lowest BCUT2D eigenvalue weighted by Gasteiger charge is -2.09. The number of benzene rings is 2. The molecule has 2 aromatic carbocycles. The topological polar surface area (TPSA) is 109 Å². The average molecular weight is 398 g/mol. The number of amides is 2. The first-order chi connectivity index (χ1) is 14.6. The summed E-state index contributed by atoms with van der Waals surface area (Å²) in [5.41, 5.74) is 2.92. The minimum Gasteiger partial charge on any atom is -0.337 e. The van der Waals surface area contributed by atoms with Crippen LogP contribution in [0.4, 0.5) is 22.9 Å². The van der Waals surface area contributed by atoms with Crippen molar-refractivity contribution in [3.05, 3.63) is 78.6 Å². The molecule has 0 aliphatic rings. The number of nitrogens with zero attached hydrogens (tertiary/aromatic N) is 3. The van der Waals surface area contributed by atoms with Gasteiger partial charge in [-0.2, -0.15) is 0 Å². The molecule has 30 heavy (non-hydrogen) atoms. The number of hydrogen-bond acceptors (Lipinski definition) is 6. The predicted molar refractivity (Wildman–Crippen MR) is 116 cm³/mol. The molecule has 148 valence electrons. The van der Waals surface area contributed by atoms with Gasteiger partial charge in [-0.15, -0.1) is 10.2 Å². The van der Waals surface area contributed by atoms with E-state index < -0.39 is 5.91 Å². The SMILES string of the molecule is CC(=O)Nc1cccc(NC(=O)c2ccc(Nc3cccc4cccnc34)nn2)c1. The maximum atomic E-state index is 12.5. The van der Waals surface area contributed by atoms with E-state index in [-0.39, 0.29) is 11.6 Å². The Bertz CT molecular complexity index is 1220. The number of rotatable bonds is 5. The van der Waals surface area contributed by atoms with Crippen molar-refractivity contribution in [3.8, 4) is 0 Å². The summed E-state index contributed by atoms with van der Waals surface area (Å²) in [5.74, 6) is -0.0907. The van der Waals surface area contributed by atoms with Crippen molar-refractivity contribution >= 4 is 45.6 Å². The Morgan fingerprint density at radius 1 is 0.833 bits per heavy atom. The quantitative estimate of drug-likeness (QED) is 0.469. The number of para-hydroxylation sites is 1. The zero-order valence-corrected chi connectivity index (χ0v) is 16.1. The van der Waals surface area contributed by atoms with Gasteiger partial charge in [0, 0.05) is 29.9 Å². The van der Waals surface area contributed by atoms with Crippen LogP contribution < -0.4 is 16.0 Å². The second-order valence-corrected chi connectivity index (χ2v) is 6.53. The van der Waals surface area contributed by atoms with Gasteiger partial charge in [0.1, 0.15) is 0 Å². The molecule has 2 amide bonds. The number of hydrogen-bond donors (Lipinski definition) is 3. The molecule has 8 heteroatoms. The average Bonchev–Trinajstić information content (AvgIpc) is 2.74.